The van der Waals surface area contributed by atoms with E-state index in [1.807, 2.05) is 54.6 Å². The van der Waals surface area contributed by atoms with Gasteiger partial charge >= 0.3 is 0 Å². The molecule has 230 valence electrons. The number of hydrogen-bond acceptors (Lipinski definition) is 3. The highest BCUT2D eigenvalue weighted by atomic mass is 15.0. The first-order valence-electron chi connectivity index (χ1n) is 23.2. The molecule has 0 unspecified atom stereocenters. The maximum Gasteiger partial charge on any atom is 0.164 e. The Morgan fingerprint density at radius 1 is 0.367 bits per heavy atom. The van der Waals surface area contributed by atoms with E-state index in [9.17, 15) is 9.60 Å². The Morgan fingerprint density at radius 3 is 1.55 bits per heavy atom. The van der Waals surface area contributed by atoms with Crippen molar-refractivity contribution in [2.45, 2.75) is 0 Å². The van der Waals surface area contributed by atoms with Crippen molar-refractivity contribution in [1.29, 1.82) is 0 Å². The molecule has 0 radical (unpaired) electrons. The molecule has 0 amide bonds. The predicted molar refractivity (Wildman–Crippen MR) is 201 cm³/mol. The van der Waals surface area contributed by atoms with Crippen molar-refractivity contribution in [2.24, 2.45) is 0 Å². The Morgan fingerprint density at radius 2 is 0.857 bits per heavy atom. The predicted octanol–water partition coefficient (Wildman–Crippen LogP) is 11.3. The first-order chi connectivity index (χ1) is 31.0. The second-order valence-corrected chi connectivity index (χ2v) is 10.9. The van der Waals surface area contributed by atoms with E-state index in [-0.39, 0.29) is 23.0 Å². The van der Waals surface area contributed by atoms with Gasteiger partial charge in [-0.25, -0.2) is 15.0 Å². The van der Waals surface area contributed by atoms with E-state index in [2.05, 4.69) is 9.97 Å². The van der Waals surface area contributed by atoms with Crippen LogP contribution in [0.4, 0.5) is 0 Å². The molecule has 7 aromatic carbocycles. The van der Waals surface area contributed by atoms with Crippen molar-refractivity contribution in [3.05, 3.63) is 182 Å². The lowest BCUT2D eigenvalue weighted by Crippen LogP contribution is -2.00. The van der Waals surface area contributed by atoms with Gasteiger partial charge in [-0.1, -0.05) is 151 Å². The monoisotopic (exact) mass is 642 g/mol. The van der Waals surface area contributed by atoms with Crippen LogP contribution in [-0.4, -0.2) is 19.5 Å². The Hall–Kier alpha value is -6.65. The number of hydrogen-bond donors (Lipinski definition) is 0. The fraction of sp³-hybridized carbons (Fsp3) is 0. The zero-order valence-corrected chi connectivity index (χ0v) is 25.4. The minimum absolute atomic E-state index is 0.167. The molecule has 0 bridgehead atoms. The number of fused-ring (bicyclic) bond motifs is 3. The molecule has 2 heterocycles. The van der Waals surface area contributed by atoms with Crippen LogP contribution in [0.25, 0.3) is 83.9 Å². The van der Waals surface area contributed by atoms with Gasteiger partial charge in [-0.2, -0.15) is 0 Å². The summed E-state index contributed by atoms with van der Waals surface area (Å²) in [6.07, 6.45) is 0. The fourth-order valence-corrected chi connectivity index (χ4v) is 5.54. The summed E-state index contributed by atoms with van der Waals surface area (Å²) >= 11 is 0. The Labute approximate surface area is 307 Å². The van der Waals surface area contributed by atoms with Crippen LogP contribution in [0.1, 0.15) is 21.9 Å². The van der Waals surface area contributed by atoms with E-state index >= 15 is 0 Å². The molecule has 4 nitrogen and oxygen atoms in total. The lowest BCUT2D eigenvalue weighted by atomic mass is 10.0. The highest BCUT2D eigenvalue weighted by molar-refractivity contribution is 6.10. The third-order valence-corrected chi connectivity index (χ3v) is 7.88. The van der Waals surface area contributed by atoms with Crippen LogP contribution in [0.5, 0.6) is 0 Å². The van der Waals surface area contributed by atoms with Crippen LogP contribution in [0.3, 0.4) is 0 Å². The number of benzene rings is 7. The molecule has 0 aliphatic carbocycles. The SMILES string of the molecule is [2H]c1c([2H])c([2H])c(-n2c3c([2H])c([2H])c([2H])c([2H])c3c3c([2H])c(-c4c([2H])c([2H])c(-c5nc(-c6ccccc6)nc(-c6ccc(-c7ccccc7)cc6)n5)c([2H])c4[2H])c([2H])c([2H])c32)c([2H])c1[2H]. The third-order valence-electron chi connectivity index (χ3n) is 7.88. The number of para-hydroxylation sites is 2. The highest BCUT2D eigenvalue weighted by Crippen LogP contribution is 2.35. The number of aromatic nitrogens is 4. The molecule has 0 N–H and O–H groups in total. The standard InChI is InChI=1S/C45H30N4/c1-4-12-31(13-5-1)32-20-24-35(25-21-32)44-46-43(34-14-6-2-7-15-34)47-45(48-44)36-26-22-33(23-27-36)37-28-29-42-40(30-37)39-18-10-11-19-41(39)49(42)38-16-8-3-9-17-38/h1-30H/i3D,8D,9D,10D,11D,16D,17D,18D,19D,22D,23D,26D,27D,28D,29D,30D. The van der Waals surface area contributed by atoms with E-state index < -0.39 is 135 Å². The quantitative estimate of drug-likeness (QED) is 0.181. The zero-order valence-electron chi connectivity index (χ0n) is 41.4. The van der Waals surface area contributed by atoms with Crippen molar-refractivity contribution in [1.82, 2.24) is 19.5 Å². The maximum absolute atomic E-state index is 9.57. The van der Waals surface area contributed by atoms with Crippen LogP contribution in [0.2, 0.25) is 0 Å². The molecule has 4 heteroatoms. The lowest BCUT2D eigenvalue weighted by Gasteiger charge is -2.10. The minimum atomic E-state index is -0.824. The molecule has 0 saturated heterocycles. The van der Waals surface area contributed by atoms with Gasteiger partial charge in [-0.05, 0) is 52.5 Å². The highest BCUT2D eigenvalue weighted by Gasteiger charge is 2.15. The van der Waals surface area contributed by atoms with Crippen molar-refractivity contribution in [3.8, 4) is 62.1 Å². The van der Waals surface area contributed by atoms with Crippen molar-refractivity contribution >= 4 is 21.8 Å². The molecule has 0 saturated carbocycles. The summed E-state index contributed by atoms with van der Waals surface area (Å²) in [6, 6.07) is 13.9. The van der Waals surface area contributed by atoms with Crippen LogP contribution in [-0.2, 0) is 0 Å². The van der Waals surface area contributed by atoms with Crippen molar-refractivity contribution < 1.29 is 21.9 Å². The molecular weight excluding hydrogens is 597 g/mol. The minimum Gasteiger partial charge on any atom is -0.309 e. The molecule has 2 aromatic heterocycles. The summed E-state index contributed by atoms with van der Waals surface area (Å²) < 4.78 is 143. The lowest BCUT2D eigenvalue weighted by molar-refractivity contribution is 1.07. The van der Waals surface area contributed by atoms with E-state index in [0.29, 0.717) is 11.1 Å². The summed E-state index contributed by atoms with van der Waals surface area (Å²) in [5, 5.41) is -0.809. The Balaban J connectivity index is 1.31. The molecule has 0 aliphatic heterocycles. The average molecular weight is 643 g/mol. The molecule has 9 rings (SSSR count). The van der Waals surface area contributed by atoms with Crippen LogP contribution < -0.4 is 0 Å². The summed E-state index contributed by atoms with van der Waals surface area (Å²) in [6.45, 7) is 0. The van der Waals surface area contributed by atoms with Crippen LogP contribution in [0, 0.1) is 0 Å². The second-order valence-electron chi connectivity index (χ2n) is 10.9. The van der Waals surface area contributed by atoms with E-state index in [1.165, 1.54) is 0 Å². The van der Waals surface area contributed by atoms with Gasteiger partial charge in [0.2, 0.25) is 0 Å². The second kappa shape index (κ2) is 12.2. The maximum atomic E-state index is 9.57. The topological polar surface area (TPSA) is 43.6 Å². The summed E-state index contributed by atoms with van der Waals surface area (Å²) in [5.74, 6) is 0.127. The largest absolute Gasteiger partial charge is 0.309 e. The summed E-state index contributed by atoms with van der Waals surface area (Å²) in [7, 11) is 0. The van der Waals surface area contributed by atoms with E-state index in [1.54, 1.807) is 30.3 Å². The van der Waals surface area contributed by atoms with Gasteiger partial charge in [0.1, 0.15) is 0 Å². The number of nitrogens with zero attached hydrogens (tertiary/aromatic N) is 4. The van der Waals surface area contributed by atoms with Gasteiger partial charge < -0.3 is 4.57 Å². The first kappa shape index (κ1) is 16.4. The van der Waals surface area contributed by atoms with Gasteiger partial charge in [0, 0.05) is 33.2 Å². The zero-order chi connectivity index (χ0) is 46.5. The Bertz CT molecular complexity index is 3430. The first-order valence-corrected chi connectivity index (χ1v) is 15.2. The van der Waals surface area contributed by atoms with Gasteiger partial charge in [0.15, 0.2) is 17.5 Å². The van der Waals surface area contributed by atoms with Gasteiger partial charge in [0.25, 0.3) is 0 Å². The fourth-order valence-electron chi connectivity index (χ4n) is 5.54. The average Bonchev–Trinajstić information content (AvgIpc) is 3.68. The molecular formula is C45H30N4. The van der Waals surface area contributed by atoms with E-state index in [4.69, 9.17) is 17.3 Å². The van der Waals surface area contributed by atoms with Gasteiger partial charge in [-0.15, -0.1) is 0 Å². The van der Waals surface area contributed by atoms with Crippen molar-refractivity contribution in [2.75, 3.05) is 0 Å². The van der Waals surface area contributed by atoms with Crippen LogP contribution >= 0.6 is 0 Å². The molecule has 0 atom stereocenters. The molecule has 9 aromatic rings. The molecule has 0 fully saturated rings. The summed E-state index contributed by atoms with van der Waals surface area (Å²) in [5.41, 5.74) is 0.0233. The van der Waals surface area contributed by atoms with Crippen molar-refractivity contribution in [3.63, 3.8) is 0 Å². The Kier molecular flexibility index (Phi) is 4.09. The number of rotatable bonds is 6. The molecule has 0 spiro atoms. The smallest absolute Gasteiger partial charge is 0.164 e. The molecule has 49 heavy (non-hydrogen) atoms. The third kappa shape index (κ3) is 5.35. The van der Waals surface area contributed by atoms with E-state index in [0.717, 1.165) is 15.7 Å². The van der Waals surface area contributed by atoms with Crippen LogP contribution in [0.15, 0.2) is 182 Å². The molecule has 0 aliphatic rings. The normalized spacial score (nSPS) is 15.8. The van der Waals surface area contributed by atoms with Gasteiger partial charge in [-0.3, -0.25) is 0 Å². The van der Waals surface area contributed by atoms with Gasteiger partial charge in [0.05, 0.1) is 33.0 Å². The summed E-state index contributed by atoms with van der Waals surface area (Å²) in [4.78, 5) is 14.0.